The third-order valence-electron chi connectivity index (χ3n) is 6.18. The molecular formula is C30H28N2O6S2. The number of sulfone groups is 2. The molecule has 4 rings (SSSR count). The Labute approximate surface area is 233 Å². The van der Waals surface area contributed by atoms with E-state index in [1.54, 1.807) is 74.5 Å². The second kappa shape index (κ2) is 11.8. The quantitative estimate of drug-likeness (QED) is 0.295. The average Bonchev–Trinajstić information content (AvgIpc) is 2.91. The number of hydrogen-bond donors (Lipinski definition) is 2. The van der Waals surface area contributed by atoms with Crippen LogP contribution in [0.2, 0.25) is 0 Å². The Morgan fingerprint density at radius 2 is 0.900 bits per heavy atom. The molecule has 0 aromatic heterocycles. The van der Waals surface area contributed by atoms with Gasteiger partial charge in [-0.25, -0.2) is 16.8 Å². The maximum Gasteiger partial charge on any atom is 0.239 e. The number of carbonyl (C=O) groups is 2. The molecule has 0 heterocycles. The van der Waals surface area contributed by atoms with E-state index in [4.69, 9.17) is 0 Å². The number of amides is 2. The van der Waals surface area contributed by atoms with Gasteiger partial charge in [-0.15, -0.1) is 0 Å². The second-order valence-corrected chi connectivity index (χ2v) is 13.3. The number of anilines is 2. The minimum absolute atomic E-state index is 0.0880. The van der Waals surface area contributed by atoms with Crippen LogP contribution in [-0.4, -0.2) is 40.2 Å². The highest BCUT2D eigenvalue weighted by Gasteiger charge is 2.21. The fourth-order valence-corrected chi connectivity index (χ4v) is 6.42. The zero-order valence-electron chi connectivity index (χ0n) is 21.9. The van der Waals surface area contributed by atoms with E-state index in [-0.39, 0.29) is 9.79 Å². The molecule has 4 aromatic rings. The highest BCUT2D eigenvalue weighted by molar-refractivity contribution is 7.92. The molecule has 0 bridgehead atoms. The van der Waals surface area contributed by atoms with Gasteiger partial charge in [-0.3, -0.25) is 9.59 Å². The molecule has 2 N–H and O–H groups in total. The SMILES string of the molecule is Cc1cc(-c2ccc(NC(=O)CS(=O)(=O)c3ccccc3)c(C)c2)ccc1NC(=O)CS(=O)(=O)c1ccccc1. The van der Waals surface area contributed by atoms with Crippen molar-refractivity contribution < 1.29 is 26.4 Å². The Kier molecular flexibility index (Phi) is 8.51. The van der Waals surface area contributed by atoms with Crippen LogP contribution in [0.5, 0.6) is 0 Å². The van der Waals surface area contributed by atoms with Crippen LogP contribution >= 0.6 is 0 Å². The van der Waals surface area contributed by atoms with Gasteiger partial charge in [-0.05, 0) is 84.6 Å². The van der Waals surface area contributed by atoms with E-state index in [2.05, 4.69) is 10.6 Å². The first-order valence-electron chi connectivity index (χ1n) is 12.3. The number of benzene rings is 4. The van der Waals surface area contributed by atoms with Crippen molar-refractivity contribution in [2.75, 3.05) is 22.1 Å². The molecule has 0 fully saturated rings. The van der Waals surface area contributed by atoms with E-state index in [1.165, 1.54) is 24.3 Å². The standard InChI is InChI=1S/C30H28N2O6S2/c1-21-17-23(13-15-27(21)31-29(33)19-39(35,36)25-9-5-3-6-10-25)24-14-16-28(22(2)18-24)32-30(34)20-40(37,38)26-11-7-4-8-12-26/h3-18H,19-20H2,1-2H3,(H,31,33)(H,32,34). The van der Waals surface area contributed by atoms with E-state index < -0.39 is 43.0 Å². The first-order chi connectivity index (χ1) is 18.9. The zero-order chi connectivity index (χ0) is 28.9. The molecule has 0 atom stereocenters. The minimum Gasteiger partial charge on any atom is -0.325 e. The topological polar surface area (TPSA) is 126 Å². The Balaban J connectivity index is 1.42. The maximum atomic E-state index is 12.5. The molecule has 4 aromatic carbocycles. The summed E-state index contributed by atoms with van der Waals surface area (Å²) in [5.74, 6) is -2.61. The largest absolute Gasteiger partial charge is 0.325 e. The molecule has 10 heteroatoms. The van der Waals surface area contributed by atoms with Crippen LogP contribution in [-0.2, 0) is 29.3 Å². The van der Waals surface area contributed by atoms with E-state index in [1.807, 2.05) is 12.1 Å². The highest BCUT2D eigenvalue weighted by Crippen LogP contribution is 2.28. The van der Waals surface area contributed by atoms with Crippen LogP contribution < -0.4 is 10.6 Å². The van der Waals surface area contributed by atoms with Gasteiger partial charge in [0.2, 0.25) is 11.8 Å². The van der Waals surface area contributed by atoms with Gasteiger partial charge in [-0.2, -0.15) is 0 Å². The molecule has 0 spiro atoms. The summed E-state index contributed by atoms with van der Waals surface area (Å²) in [7, 11) is -7.52. The lowest BCUT2D eigenvalue weighted by atomic mass is 10.00. The van der Waals surface area contributed by atoms with Crippen LogP contribution in [0.1, 0.15) is 11.1 Å². The summed E-state index contributed by atoms with van der Waals surface area (Å²) in [6.45, 7) is 3.61. The van der Waals surface area contributed by atoms with Crippen LogP contribution in [0.25, 0.3) is 11.1 Å². The van der Waals surface area contributed by atoms with Gasteiger partial charge >= 0.3 is 0 Å². The average molecular weight is 577 g/mol. The van der Waals surface area contributed by atoms with Gasteiger partial charge in [0, 0.05) is 11.4 Å². The lowest BCUT2D eigenvalue weighted by molar-refractivity contribution is -0.114. The Morgan fingerprint density at radius 1 is 0.550 bits per heavy atom. The molecule has 0 radical (unpaired) electrons. The number of hydrogen-bond acceptors (Lipinski definition) is 6. The van der Waals surface area contributed by atoms with Crippen molar-refractivity contribution in [2.24, 2.45) is 0 Å². The molecule has 0 aliphatic rings. The summed E-state index contributed by atoms with van der Waals surface area (Å²) in [4.78, 5) is 25.1. The maximum absolute atomic E-state index is 12.5. The van der Waals surface area contributed by atoms with Gasteiger partial charge in [0.25, 0.3) is 0 Å². The Morgan fingerprint density at radius 3 is 1.23 bits per heavy atom. The number of aryl methyl sites for hydroxylation is 2. The molecule has 2 amide bonds. The number of carbonyl (C=O) groups excluding carboxylic acids is 2. The van der Waals surface area contributed by atoms with E-state index in [9.17, 15) is 26.4 Å². The molecule has 40 heavy (non-hydrogen) atoms. The molecule has 0 aliphatic heterocycles. The van der Waals surface area contributed by atoms with Crippen molar-refractivity contribution in [2.45, 2.75) is 23.6 Å². The number of rotatable bonds is 9. The Hall–Kier alpha value is -4.28. The summed E-state index contributed by atoms with van der Waals surface area (Å²) >= 11 is 0. The van der Waals surface area contributed by atoms with E-state index in [0.29, 0.717) is 11.4 Å². The predicted molar refractivity (Wildman–Crippen MR) is 156 cm³/mol. The van der Waals surface area contributed by atoms with Gasteiger partial charge in [-0.1, -0.05) is 48.5 Å². The predicted octanol–water partition coefficient (Wildman–Crippen LogP) is 4.80. The third kappa shape index (κ3) is 7.02. The lowest BCUT2D eigenvalue weighted by Gasteiger charge is -2.13. The van der Waals surface area contributed by atoms with Crippen molar-refractivity contribution in [1.29, 1.82) is 0 Å². The molecule has 206 valence electrons. The van der Waals surface area contributed by atoms with Gasteiger partial charge in [0.15, 0.2) is 19.7 Å². The lowest BCUT2D eigenvalue weighted by Crippen LogP contribution is -2.23. The zero-order valence-corrected chi connectivity index (χ0v) is 23.6. The summed E-state index contributed by atoms with van der Waals surface area (Å²) in [6, 6.07) is 26.4. The molecule has 8 nitrogen and oxygen atoms in total. The summed E-state index contributed by atoms with van der Waals surface area (Å²) < 4.78 is 50.0. The molecule has 0 unspecified atom stereocenters. The monoisotopic (exact) mass is 576 g/mol. The fraction of sp³-hybridized carbons (Fsp3) is 0.133. The molecule has 0 aliphatic carbocycles. The normalized spacial score (nSPS) is 11.6. The van der Waals surface area contributed by atoms with Gasteiger partial charge in [0.05, 0.1) is 9.79 Å². The van der Waals surface area contributed by atoms with Crippen molar-refractivity contribution in [3.05, 3.63) is 108 Å². The van der Waals surface area contributed by atoms with Crippen LogP contribution in [0.4, 0.5) is 11.4 Å². The second-order valence-electron chi connectivity index (χ2n) is 9.30. The van der Waals surface area contributed by atoms with Crippen molar-refractivity contribution in [3.8, 4) is 11.1 Å². The molecular weight excluding hydrogens is 548 g/mol. The van der Waals surface area contributed by atoms with Crippen LogP contribution in [0.15, 0.2) is 107 Å². The van der Waals surface area contributed by atoms with Gasteiger partial charge in [0.1, 0.15) is 11.5 Å². The van der Waals surface area contributed by atoms with Crippen molar-refractivity contribution in [3.63, 3.8) is 0 Å². The fourth-order valence-electron chi connectivity index (χ4n) is 4.11. The highest BCUT2D eigenvalue weighted by atomic mass is 32.2. The van der Waals surface area contributed by atoms with E-state index in [0.717, 1.165) is 22.3 Å². The summed E-state index contributed by atoms with van der Waals surface area (Å²) in [5.41, 5.74) is 4.17. The smallest absolute Gasteiger partial charge is 0.239 e. The van der Waals surface area contributed by atoms with Gasteiger partial charge < -0.3 is 10.6 Å². The first-order valence-corrected chi connectivity index (χ1v) is 15.6. The molecule has 0 saturated carbocycles. The number of nitrogens with one attached hydrogen (secondary N) is 2. The van der Waals surface area contributed by atoms with Crippen LogP contribution in [0, 0.1) is 13.8 Å². The minimum atomic E-state index is -3.76. The van der Waals surface area contributed by atoms with E-state index >= 15 is 0 Å². The Bertz CT molecular complexity index is 1640. The summed E-state index contributed by atoms with van der Waals surface area (Å²) in [5, 5.41) is 5.35. The van der Waals surface area contributed by atoms with Crippen molar-refractivity contribution in [1.82, 2.24) is 0 Å². The third-order valence-corrected chi connectivity index (χ3v) is 9.45. The van der Waals surface area contributed by atoms with Crippen molar-refractivity contribution >= 4 is 42.9 Å². The van der Waals surface area contributed by atoms with Crippen LogP contribution in [0.3, 0.4) is 0 Å². The molecule has 0 saturated heterocycles. The summed E-state index contributed by atoms with van der Waals surface area (Å²) in [6.07, 6.45) is 0. The first kappa shape index (κ1) is 28.7.